The topological polar surface area (TPSA) is 38.3 Å². The van der Waals surface area contributed by atoms with Crippen molar-refractivity contribution in [3.05, 3.63) is 28.8 Å². The van der Waals surface area contributed by atoms with E-state index in [9.17, 15) is 4.79 Å². The van der Waals surface area contributed by atoms with Crippen LogP contribution in [-0.2, 0) is 10.1 Å². The van der Waals surface area contributed by atoms with Gasteiger partial charge in [0.25, 0.3) is 0 Å². The van der Waals surface area contributed by atoms with Gasteiger partial charge in [0.15, 0.2) is 0 Å². The Hall–Kier alpha value is -0.740. The van der Waals surface area contributed by atoms with Gasteiger partial charge in [-0.05, 0) is 32.4 Å². The summed E-state index contributed by atoms with van der Waals surface area (Å²) in [5.41, 5.74) is 0.946. The van der Waals surface area contributed by atoms with Crippen molar-refractivity contribution in [1.82, 2.24) is 0 Å². The molecule has 94 valence electrons. The number of carbonyl (C=O) groups excluding carboxylic acids is 1. The molecule has 0 unspecified atom stereocenters. The highest BCUT2D eigenvalue weighted by molar-refractivity contribution is 9.08. The van der Waals surface area contributed by atoms with Gasteiger partial charge < -0.3 is 4.74 Å². The van der Waals surface area contributed by atoms with E-state index in [2.05, 4.69) is 21.2 Å². The lowest BCUT2D eigenvalue weighted by Crippen LogP contribution is -2.27. The molecule has 0 aliphatic heterocycles. The molecule has 17 heavy (non-hydrogen) atoms. The van der Waals surface area contributed by atoms with Crippen molar-refractivity contribution in [2.45, 2.75) is 31.7 Å². The van der Waals surface area contributed by atoms with E-state index in [1.807, 2.05) is 32.9 Å². The van der Waals surface area contributed by atoms with E-state index in [0.717, 1.165) is 5.56 Å². The molecule has 1 aromatic carbocycles. The van der Waals surface area contributed by atoms with Gasteiger partial charge in [-0.25, -0.2) is 4.79 Å². The fourth-order valence-electron chi connectivity index (χ4n) is 1.19. The predicted octanol–water partition coefficient (Wildman–Crippen LogP) is 4.58. The Kier molecular flexibility index (Phi) is 4.83. The van der Waals surface area contributed by atoms with E-state index in [4.69, 9.17) is 16.3 Å². The highest BCUT2D eigenvalue weighted by atomic mass is 79.9. The molecule has 3 nitrogen and oxygen atoms in total. The summed E-state index contributed by atoms with van der Waals surface area (Å²) < 4.78 is 5.15. The SMILES string of the molecule is CC(C)(C)OC(=O)Nc1cccc(CBr)c1Cl. The van der Waals surface area contributed by atoms with Gasteiger partial charge in [0, 0.05) is 5.33 Å². The van der Waals surface area contributed by atoms with Crippen molar-refractivity contribution in [3.8, 4) is 0 Å². The molecular weight excluding hydrogens is 305 g/mol. The number of alkyl halides is 1. The first-order valence-electron chi connectivity index (χ1n) is 5.17. The molecule has 1 N–H and O–H groups in total. The van der Waals surface area contributed by atoms with Gasteiger partial charge in [0.1, 0.15) is 5.60 Å². The molecule has 1 rings (SSSR count). The molecule has 0 atom stereocenters. The van der Waals surface area contributed by atoms with Gasteiger partial charge in [-0.1, -0.05) is 39.7 Å². The normalized spacial score (nSPS) is 11.1. The second-order valence-corrected chi connectivity index (χ2v) is 5.48. The Labute approximate surface area is 115 Å². The summed E-state index contributed by atoms with van der Waals surface area (Å²) in [6, 6.07) is 5.45. The zero-order valence-corrected chi connectivity index (χ0v) is 12.4. The lowest BCUT2D eigenvalue weighted by Gasteiger charge is -2.20. The van der Waals surface area contributed by atoms with E-state index < -0.39 is 11.7 Å². The summed E-state index contributed by atoms with van der Waals surface area (Å²) in [6.45, 7) is 5.43. The average molecular weight is 321 g/mol. The monoisotopic (exact) mass is 319 g/mol. The van der Waals surface area contributed by atoms with Crippen LogP contribution in [0.1, 0.15) is 26.3 Å². The van der Waals surface area contributed by atoms with Gasteiger partial charge in [-0.2, -0.15) is 0 Å². The molecule has 0 saturated carbocycles. The third kappa shape index (κ3) is 4.56. The largest absolute Gasteiger partial charge is 0.444 e. The van der Waals surface area contributed by atoms with E-state index in [1.54, 1.807) is 6.07 Å². The maximum Gasteiger partial charge on any atom is 0.412 e. The number of anilines is 1. The number of benzene rings is 1. The quantitative estimate of drug-likeness (QED) is 0.810. The maximum absolute atomic E-state index is 11.6. The summed E-state index contributed by atoms with van der Waals surface area (Å²) >= 11 is 9.45. The van der Waals surface area contributed by atoms with Crippen LogP contribution in [0.5, 0.6) is 0 Å². The number of rotatable bonds is 2. The van der Waals surface area contributed by atoms with E-state index in [0.29, 0.717) is 16.0 Å². The minimum Gasteiger partial charge on any atom is -0.444 e. The van der Waals surface area contributed by atoms with Crippen molar-refractivity contribution < 1.29 is 9.53 Å². The highest BCUT2D eigenvalue weighted by Crippen LogP contribution is 2.27. The van der Waals surface area contributed by atoms with E-state index in [1.165, 1.54) is 0 Å². The molecule has 1 amide bonds. The first-order valence-corrected chi connectivity index (χ1v) is 6.67. The number of carbonyl (C=O) groups is 1. The Morgan fingerprint density at radius 1 is 1.47 bits per heavy atom. The summed E-state index contributed by atoms with van der Waals surface area (Å²) in [6.07, 6.45) is -0.508. The lowest BCUT2D eigenvalue weighted by atomic mass is 10.2. The number of nitrogens with one attached hydrogen (secondary N) is 1. The van der Waals surface area contributed by atoms with Crippen LogP contribution < -0.4 is 5.32 Å². The third-order valence-corrected chi connectivity index (χ3v) is 2.91. The van der Waals surface area contributed by atoms with Gasteiger partial charge in [-0.3, -0.25) is 5.32 Å². The summed E-state index contributed by atoms with van der Waals surface area (Å²) in [5.74, 6) is 0. The van der Waals surface area contributed by atoms with Crippen LogP contribution >= 0.6 is 27.5 Å². The van der Waals surface area contributed by atoms with Crippen LogP contribution in [0.25, 0.3) is 0 Å². The van der Waals surface area contributed by atoms with Crippen molar-refractivity contribution >= 4 is 39.3 Å². The molecule has 1 aromatic rings. The van der Waals surface area contributed by atoms with Crippen LogP contribution in [0.15, 0.2) is 18.2 Å². The molecule has 5 heteroatoms. The van der Waals surface area contributed by atoms with Crippen LogP contribution in [0.4, 0.5) is 10.5 Å². The molecule has 0 heterocycles. The van der Waals surface area contributed by atoms with Gasteiger partial charge in [0.2, 0.25) is 0 Å². The van der Waals surface area contributed by atoms with Crippen molar-refractivity contribution in [2.24, 2.45) is 0 Å². The number of hydrogen-bond acceptors (Lipinski definition) is 2. The molecule has 0 fully saturated rings. The highest BCUT2D eigenvalue weighted by Gasteiger charge is 2.17. The summed E-state index contributed by atoms with van der Waals surface area (Å²) in [5, 5.41) is 3.79. The minimum atomic E-state index is -0.524. The van der Waals surface area contributed by atoms with Crippen LogP contribution in [0.2, 0.25) is 5.02 Å². The second-order valence-electron chi connectivity index (χ2n) is 4.54. The molecule has 0 spiro atoms. The molecule has 0 aliphatic rings. The first-order chi connectivity index (χ1) is 7.83. The van der Waals surface area contributed by atoms with Crippen LogP contribution in [0.3, 0.4) is 0 Å². The molecular formula is C12H15BrClNO2. The first kappa shape index (κ1) is 14.3. The fraction of sp³-hybridized carbons (Fsp3) is 0.417. The third-order valence-electron chi connectivity index (χ3n) is 1.86. The molecule has 0 bridgehead atoms. The Morgan fingerprint density at radius 2 is 2.12 bits per heavy atom. The van der Waals surface area contributed by atoms with Gasteiger partial charge >= 0.3 is 6.09 Å². The smallest absolute Gasteiger partial charge is 0.412 e. The van der Waals surface area contributed by atoms with Crippen molar-refractivity contribution in [1.29, 1.82) is 0 Å². The van der Waals surface area contributed by atoms with E-state index >= 15 is 0 Å². The molecule has 0 aliphatic carbocycles. The fourth-order valence-corrected chi connectivity index (χ4v) is 2.06. The van der Waals surface area contributed by atoms with Gasteiger partial charge in [-0.15, -0.1) is 0 Å². The number of amides is 1. The average Bonchev–Trinajstić information content (AvgIpc) is 2.18. The van der Waals surface area contributed by atoms with Crippen LogP contribution in [0, 0.1) is 0 Å². The maximum atomic E-state index is 11.6. The van der Waals surface area contributed by atoms with Gasteiger partial charge in [0.05, 0.1) is 10.7 Å². The second kappa shape index (κ2) is 5.74. The number of ether oxygens (including phenoxy) is 1. The molecule has 0 saturated heterocycles. The predicted molar refractivity (Wildman–Crippen MR) is 73.9 cm³/mol. The summed E-state index contributed by atoms with van der Waals surface area (Å²) in [4.78, 5) is 11.6. The summed E-state index contributed by atoms with van der Waals surface area (Å²) in [7, 11) is 0. The Balaban J connectivity index is 2.79. The zero-order valence-electron chi connectivity index (χ0n) is 10.0. The Bertz CT molecular complexity index is 415. The Morgan fingerprint density at radius 3 is 2.65 bits per heavy atom. The van der Waals surface area contributed by atoms with E-state index in [-0.39, 0.29) is 0 Å². The lowest BCUT2D eigenvalue weighted by molar-refractivity contribution is 0.0636. The standard InChI is InChI=1S/C12H15BrClNO2/c1-12(2,3)17-11(16)15-9-6-4-5-8(7-13)10(9)14/h4-6H,7H2,1-3H3,(H,15,16). The zero-order chi connectivity index (χ0) is 13.1. The molecule has 0 radical (unpaired) electrons. The van der Waals surface area contributed by atoms with Crippen molar-refractivity contribution in [3.63, 3.8) is 0 Å². The minimum absolute atomic E-state index is 0.508. The number of halogens is 2. The van der Waals surface area contributed by atoms with Crippen LogP contribution in [-0.4, -0.2) is 11.7 Å². The van der Waals surface area contributed by atoms with Crippen molar-refractivity contribution in [2.75, 3.05) is 5.32 Å². The number of hydrogen-bond donors (Lipinski definition) is 1. The molecule has 0 aromatic heterocycles.